The molecule has 1 saturated carbocycles. The second-order valence-electron chi connectivity index (χ2n) is 4.35. The van der Waals surface area contributed by atoms with Gasteiger partial charge in [0.1, 0.15) is 0 Å². The topological polar surface area (TPSA) is 26.0 Å². The van der Waals surface area contributed by atoms with E-state index < -0.39 is 0 Å². The van der Waals surface area contributed by atoms with Crippen LogP contribution in [0.25, 0.3) is 0 Å². The van der Waals surface area contributed by atoms with Gasteiger partial charge in [0.25, 0.3) is 0 Å². The smallest absolute Gasteiger partial charge is 0.0406 e. The van der Waals surface area contributed by atoms with E-state index in [9.17, 15) is 0 Å². The molecule has 2 heteroatoms. The summed E-state index contributed by atoms with van der Waals surface area (Å²) in [6.45, 7) is 2.21. The fourth-order valence-corrected chi connectivity index (χ4v) is 2.28. The molecule has 0 heterocycles. The van der Waals surface area contributed by atoms with Crippen molar-refractivity contribution in [2.75, 3.05) is 0 Å². The van der Waals surface area contributed by atoms with Crippen LogP contribution >= 0.6 is 11.6 Å². The first-order valence-corrected chi connectivity index (χ1v) is 5.55. The van der Waals surface area contributed by atoms with Gasteiger partial charge in [0.15, 0.2) is 0 Å². The van der Waals surface area contributed by atoms with Crippen LogP contribution < -0.4 is 5.73 Å². The number of nitrogens with two attached hydrogens (primary N) is 1. The number of benzene rings is 1. The molecule has 1 nitrogen and oxygen atoms in total. The molecule has 0 saturated heterocycles. The Morgan fingerprint density at radius 1 is 1.43 bits per heavy atom. The highest BCUT2D eigenvalue weighted by atomic mass is 35.5. The highest BCUT2D eigenvalue weighted by molar-refractivity contribution is 6.30. The molecule has 1 aliphatic carbocycles. The summed E-state index contributed by atoms with van der Waals surface area (Å²) in [6.07, 6.45) is 3.36. The molecular weight excluding hydrogens is 194 g/mol. The van der Waals surface area contributed by atoms with E-state index in [1.165, 1.54) is 18.4 Å². The molecule has 2 rings (SSSR count). The molecule has 0 amide bonds. The normalized spacial score (nSPS) is 30.4. The molecule has 0 bridgehead atoms. The number of hydrogen-bond donors (Lipinski definition) is 1. The van der Waals surface area contributed by atoms with E-state index in [1.807, 2.05) is 12.1 Å². The molecule has 76 valence electrons. The third-order valence-corrected chi connectivity index (χ3v) is 3.47. The van der Waals surface area contributed by atoms with Crippen molar-refractivity contribution in [1.82, 2.24) is 0 Å². The lowest BCUT2D eigenvalue weighted by Crippen LogP contribution is -2.27. The first-order chi connectivity index (χ1) is 6.64. The zero-order valence-electron chi connectivity index (χ0n) is 8.46. The lowest BCUT2D eigenvalue weighted by atomic mass is 10.0. The van der Waals surface area contributed by atoms with Crippen LogP contribution in [-0.4, -0.2) is 5.54 Å². The molecule has 2 N–H and O–H groups in total. The van der Waals surface area contributed by atoms with E-state index in [0.29, 0.717) is 0 Å². The van der Waals surface area contributed by atoms with Crippen LogP contribution in [0.3, 0.4) is 0 Å². The average Bonchev–Trinajstić information content (AvgIpc) is 2.81. The Balaban J connectivity index is 2.02. The van der Waals surface area contributed by atoms with Gasteiger partial charge in [-0.3, -0.25) is 0 Å². The van der Waals surface area contributed by atoms with E-state index in [1.54, 1.807) is 0 Å². The van der Waals surface area contributed by atoms with E-state index in [0.717, 1.165) is 17.4 Å². The van der Waals surface area contributed by atoms with Gasteiger partial charge in [-0.25, -0.2) is 0 Å². The lowest BCUT2D eigenvalue weighted by Gasteiger charge is -2.10. The fourth-order valence-electron chi connectivity index (χ4n) is 2.15. The van der Waals surface area contributed by atoms with Gasteiger partial charge in [-0.15, -0.1) is 0 Å². The van der Waals surface area contributed by atoms with Crippen LogP contribution in [0.2, 0.25) is 5.02 Å². The summed E-state index contributed by atoms with van der Waals surface area (Å²) in [7, 11) is 0. The van der Waals surface area contributed by atoms with Crippen LogP contribution in [0.1, 0.15) is 25.3 Å². The Labute approximate surface area is 90.3 Å². The van der Waals surface area contributed by atoms with Gasteiger partial charge in [-0.1, -0.05) is 37.1 Å². The van der Waals surface area contributed by atoms with Crippen LogP contribution in [0.15, 0.2) is 24.3 Å². The standard InChI is InChI=1S/C12H16ClN/c1-2-10-8-12(10,14)7-9-3-5-11(13)6-4-9/h3-6,10H,2,7-8,14H2,1H3. The summed E-state index contributed by atoms with van der Waals surface area (Å²) < 4.78 is 0. The molecule has 0 aliphatic heterocycles. The Bertz CT molecular complexity index is 320. The number of rotatable bonds is 3. The first kappa shape index (κ1) is 10.0. The van der Waals surface area contributed by atoms with E-state index in [2.05, 4.69) is 19.1 Å². The van der Waals surface area contributed by atoms with Gasteiger partial charge in [0.05, 0.1) is 0 Å². The number of halogens is 1. The van der Waals surface area contributed by atoms with Crippen molar-refractivity contribution in [2.24, 2.45) is 11.7 Å². The molecule has 1 aromatic rings. The van der Waals surface area contributed by atoms with Crippen LogP contribution in [0.4, 0.5) is 0 Å². The van der Waals surface area contributed by atoms with Gasteiger partial charge < -0.3 is 5.73 Å². The third kappa shape index (κ3) is 1.94. The maximum absolute atomic E-state index is 6.24. The fraction of sp³-hybridized carbons (Fsp3) is 0.500. The summed E-state index contributed by atoms with van der Waals surface area (Å²) in [5.74, 6) is 0.721. The van der Waals surface area contributed by atoms with Crippen LogP contribution in [0, 0.1) is 5.92 Å². The molecule has 2 atom stereocenters. The van der Waals surface area contributed by atoms with Gasteiger partial charge in [0.2, 0.25) is 0 Å². The molecule has 2 unspecified atom stereocenters. The minimum Gasteiger partial charge on any atom is -0.325 e. The summed E-state index contributed by atoms with van der Waals surface area (Å²) in [5, 5.41) is 0.794. The molecular formula is C12H16ClN. The summed E-state index contributed by atoms with van der Waals surface area (Å²) >= 11 is 5.82. The predicted octanol–water partition coefficient (Wildman–Crippen LogP) is 3.01. The van der Waals surface area contributed by atoms with Crippen molar-refractivity contribution >= 4 is 11.6 Å². The Kier molecular flexibility index (Phi) is 2.54. The largest absolute Gasteiger partial charge is 0.325 e. The Morgan fingerprint density at radius 2 is 2.07 bits per heavy atom. The van der Waals surface area contributed by atoms with Crippen molar-refractivity contribution in [2.45, 2.75) is 31.7 Å². The summed E-state index contributed by atoms with van der Waals surface area (Å²) in [4.78, 5) is 0. The summed E-state index contributed by atoms with van der Waals surface area (Å²) in [6, 6.07) is 8.01. The minimum absolute atomic E-state index is 0.0720. The quantitative estimate of drug-likeness (QED) is 0.814. The number of hydrogen-bond acceptors (Lipinski definition) is 1. The van der Waals surface area contributed by atoms with Crippen molar-refractivity contribution in [1.29, 1.82) is 0 Å². The van der Waals surface area contributed by atoms with Crippen molar-refractivity contribution in [3.05, 3.63) is 34.9 Å². The SMILES string of the molecule is CCC1CC1(N)Cc1ccc(Cl)cc1. The van der Waals surface area contributed by atoms with Gasteiger partial charge in [0, 0.05) is 10.6 Å². The summed E-state index contributed by atoms with van der Waals surface area (Å²) in [5.41, 5.74) is 7.61. The monoisotopic (exact) mass is 209 g/mol. The van der Waals surface area contributed by atoms with E-state index in [4.69, 9.17) is 17.3 Å². The molecule has 0 aromatic heterocycles. The maximum atomic E-state index is 6.24. The van der Waals surface area contributed by atoms with Crippen molar-refractivity contribution in [3.8, 4) is 0 Å². The Hall–Kier alpha value is -0.530. The molecule has 0 spiro atoms. The van der Waals surface area contributed by atoms with Gasteiger partial charge in [-0.05, 0) is 36.5 Å². The average molecular weight is 210 g/mol. The first-order valence-electron chi connectivity index (χ1n) is 5.17. The van der Waals surface area contributed by atoms with Gasteiger partial charge >= 0.3 is 0 Å². The molecule has 14 heavy (non-hydrogen) atoms. The molecule has 1 aromatic carbocycles. The molecule has 1 fully saturated rings. The van der Waals surface area contributed by atoms with E-state index in [-0.39, 0.29) is 5.54 Å². The second-order valence-corrected chi connectivity index (χ2v) is 4.78. The van der Waals surface area contributed by atoms with Crippen molar-refractivity contribution in [3.63, 3.8) is 0 Å². The third-order valence-electron chi connectivity index (χ3n) is 3.22. The zero-order valence-corrected chi connectivity index (χ0v) is 9.22. The minimum atomic E-state index is 0.0720. The highest BCUT2D eigenvalue weighted by Gasteiger charge is 2.48. The van der Waals surface area contributed by atoms with Crippen molar-refractivity contribution < 1.29 is 0 Å². The van der Waals surface area contributed by atoms with Crippen LogP contribution in [0.5, 0.6) is 0 Å². The molecule has 1 aliphatic rings. The van der Waals surface area contributed by atoms with E-state index >= 15 is 0 Å². The lowest BCUT2D eigenvalue weighted by molar-refractivity contribution is 0.579. The molecule has 0 radical (unpaired) electrons. The highest BCUT2D eigenvalue weighted by Crippen LogP contribution is 2.45. The van der Waals surface area contributed by atoms with Crippen LogP contribution in [-0.2, 0) is 6.42 Å². The predicted molar refractivity (Wildman–Crippen MR) is 60.5 cm³/mol. The second kappa shape index (κ2) is 3.56. The Morgan fingerprint density at radius 3 is 2.57 bits per heavy atom. The maximum Gasteiger partial charge on any atom is 0.0406 e. The zero-order chi connectivity index (χ0) is 10.2. The van der Waals surface area contributed by atoms with Gasteiger partial charge in [-0.2, -0.15) is 0 Å².